The summed E-state index contributed by atoms with van der Waals surface area (Å²) in [7, 11) is 0. The van der Waals surface area contributed by atoms with Crippen molar-refractivity contribution in [3.8, 4) is 0 Å². The second kappa shape index (κ2) is 8.74. The summed E-state index contributed by atoms with van der Waals surface area (Å²) in [5.41, 5.74) is 0.321. The van der Waals surface area contributed by atoms with Crippen molar-refractivity contribution in [2.45, 2.75) is 44.6 Å². The molecule has 1 atom stereocenters. The zero-order valence-corrected chi connectivity index (χ0v) is 18.0. The molecule has 0 spiro atoms. The number of imide groups is 1. The summed E-state index contributed by atoms with van der Waals surface area (Å²) in [6.45, 7) is 3.42. The molecule has 8 heteroatoms. The molecule has 0 aromatic heterocycles. The highest BCUT2D eigenvalue weighted by molar-refractivity contribution is 6.36. The predicted octanol–water partition coefficient (Wildman–Crippen LogP) is 4.25. The van der Waals surface area contributed by atoms with Crippen LogP contribution in [0.15, 0.2) is 36.4 Å². The van der Waals surface area contributed by atoms with Crippen molar-refractivity contribution in [1.82, 2.24) is 10.6 Å². The fourth-order valence-corrected chi connectivity index (χ4v) is 4.33. The number of benzene rings is 2. The highest BCUT2D eigenvalue weighted by atomic mass is 35.5. The number of hydrogen-bond acceptors (Lipinski definition) is 3. The molecule has 1 fully saturated rings. The molecule has 3 rings (SSSR count). The number of carbonyl (C=O) groups excluding carboxylic acids is 3. The molecule has 0 saturated carbocycles. The third kappa shape index (κ3) is 4.50. The zero-order chi connectivity index (χ0) is 22.1. The third-order valence-corrected chi connectivity index (χ3v) is 5.92. The fraction of sp³-hybridized carbons (Fsp3) is 0.318. The Morgan fingerprint density at radius 3 is 2.43 bits per heavy atom. The van der Waals surface area contributed by atoms with Gasteiger partial charge in [-0.2, -0.15) is 0 Å². The second-order valence-electron chi connectivity index (χ2n) is 7.76. The van der Waals surface area contributed by atoms with Crippen LogP contribution in [-0.4, -0.2) is 17.7 Å². The van der Waals surface area contributed by atoms with Gasteiger partial charge in [-0.3, -0.25) is 19.7 Å². The van der Waals surface area contributed by atoms with Gasteiger partial charge in [0, 0.05) is 34.1 Å². The number of carbonyl (C=O) groups is 3. The number of halogens is 3. The molecule has 1 aliphatic heterocycles. The first-order valence-electron chi connectivity index (χ1n) is 9.46. The van der Waals surface area contributed by atoms with Crippen LogP contribution < -0.4 is 10.6 Å². The molecule has 0 radical (unpaired) electrons. The molecule has 2 N–H and O–H groups in total. The summed E-state index contributed by atoms with van der Waals surface area (Å²) in [5, 5.41) is 5.65. The molecule has 0 bridgehead atoms. The average molecular weight is 451 g/mol. The lowest BCUT2D eigenvalue weighted by Gasteiger charge is -2.25. The lowest BCUT2D eigenvalue weighted by atomic mass is 9.83. The topological polar surface area (TPSA) is 75.3 Å². The van der Waals surface area contributed by atoms with Gasteiger partial charge in [-0.1, -0.05) is 41.4 Å². The van der Waals surface area contributed by atoms with Crippen molar-refractivity contribution in [2.75, 3.05) is 0 Å². The molecule has 1 unspecified atom stereocenters. The predicted molar refractivity (Wildman–Crippen MR) is 113 cm³/mol. The maximum Gasteiger partial charge on any atom is 0.234 e. The van der Waals surface area contributed by atoms with Crippen LogP contribution in [0.4, 0.5) is 4.39 Å². The Kier molecular flexibility index (Phi) is 6.48. The second-order valence-corrected chi connectivity index (χ2v) is 8.58. The van der Waals surface area contributed by atoms with E-state index in [0.717, 1.165) is 0 Å². The summed E-state index contributed by atoms with van der Waals surface area (Å²) in [6.07, 6.45) is 0.545. The molecule has 158 valence electrons. The minimum Gasteiger partial charge on any atom is -0.351 e. The Hall–Kier alpha value is -2.44. The summed E-state index contributed by atoms with van der Waals surface area (Å²) < 4.78 is 14.1. The van der Waals surface area contributed by atoms with Crippen molar-refractivity contribution < 1.29 is 18.8 Å². The molecule has 3 amide bonds. The Morgan fingerprint density at radius 1 is 1.20 bits per heavy atom. The molecule has 2 aromatic carbocycles. The average Bonchev–Trinajstić information content (AvgIpc) is 2.67. The van der Waals surface area contributed by atoms with E-state index in [1.54, 1.807) is 44.2 Å². The van der Waals surface area contributed by atoms with E-state index in [1.165, 1.54) is 6.07 Å². The van der Waals surface area contributed by atoms with Gasteiger partial charge in [0.2, 0.25) is 17.7 Å². The third-order valence-electron chi connectivity index (χ3n) is 5.29. The normalized spacial score (nSPS) is 16.9. The smallest absolute Gasteiger partial charge is 0.234 e. The largest absolute Gasteiger partial charge is 0.351 e. The summed E-state index contributed by atoms with van der Waals surface area (Å²) in [6, 6.07) is 9.41. The molecule has 1 saturated heterocycles. The van der Waals surface area contributed by atoms with Crippen molar-refractivity contribution in [2.24, 2.45) is 0 Å². The summed E-state index contributed by atoms with van der Waals surface area (Å²) in [5.74, 6) is -2.15. The van der Waals surface area contributed by atoms with Crippen molar-refractivity contribution in [3.05, 3.63) is 69.0 Å². The minimum atomic E-state index is -1.08. The molecule has 1 heterocycles. The first-order chi connectivity index (χ1) is 14.1. The van der Waals surface area contributed by atoms with E-state index in [-0.39, 0.29) is 34.8 Å². The molecule has 30 heavy (non-hydrogen) atoms. The van der Waals surface area contributed by atoms with Gasteiger partial charge >= 0.3 is 0 Å². The minimum absolute atomic E-state index is 0.131. The monoisotopic (exact) mass is 450 g/mol. The number of piperidine rings is 1. The molecular weight excluding hydrogens is 430 g/mol. The Bertz CT molecular complexity index is 1000. The number of hydrogen-bond donors (Lipinski definition) is 2. The van der Waals surface area contributed by atoms with Crippen molar-refractivity contribution in [1.29, 1.82) is 0 Å². The molecular formula is C22H21Cl2FN2O3. The quantitative estimate of drug-likeness (QED) is 0.668. The standard InChI is InChI=1S/C22H21Cl2FN2O3/c1-22(2,14-5-3-4-6-17(14)25)21(30)26-11-12-9-15(23)19(16(24)10-12)13-7-8-18(28)27-20(13)29/h3-6,9-10,13H,7-8,11H2,1-2H3,(H,26,30)(H,27,28,29). The molecule has 5 nitrogen and oxygen atoms in total. The van der Waals surface area contributed by atoms with E-state index in [2.05, 4.69) is 10.6 Å². The summed E-state index contributed by atoms with van der Waals surface area (Å²) >= 11 is 12.8. The molecule has 0 aliphatic carbocycles. The van der Waals surface area contributed by atoms with Crippen LogP contribution in [0.1, 0.15) is 49.3 Å². The van der Waals surface area contributed by atoms with Crippen molar-refractivity contribution in [3.63, 3.8) is 0 Å². The first kappa shape index (κ1) is 22.2. The highest BCUT2D eigenvalue weighted by Gasteiger charge is 2.33. The van der Waals surface area contributed by atoms with Gasteiger partial charge in [0.1, 0.15) is 5.82 Å². The number of rotatable bonds is 5. The van der Waals surface area contributed by atoms with E-state index in [1.807, 2.05) is 0 Å². The lowest BCUT2D eigenvalue weighted by Crippen LogP contribution is -2.40. The number of nitrogens with one attached hydrogen (secondary N) is 2. The van der Waals surface area contributed by atoms with Gasteiger partial charge in [0.05, 0.1) is 11.3 Å². The van der Waals surface area contributed by atoms with Crippen LogP contribution in [0, 0.1) is 5.82 Å². The number of amides is 3. The van der Waals surface area contributed by atoms with E-state index in [4.69, 9.17) is 23.2 Å². The molecule has 1 aliphatic rings. The highest BCUT2D eigenvalue weighted by Crippen LogP contribution is 2.37. The van der Waals surface area contributed by atoms with E-state index in [9.17, 15) is 18.8 Å². The van der Waals surface area contributed by atoms with Crippen LogP contribution in [-0.2, 0) is 26.3 Å². The van der Waals surface area contributed by atoms with E-state index in [0.29, 0.717) is 23.1 Å². The van der Waals surface area contributed by atoms with Gasteiger partial charge < -0.3 is 5.32 Å². The van der Waals surface area contributed by atoms with Crippen molar-refractivity contribution >= 4 is 40.9 Å². The van der Waals surface area contributed by atoms with Crippen LogP contribution >= 0.6 is 23.2 Å². The van der Waals surface area contributed by atoms with Gasteiger partial charge in [0.25, 0.3) is 0 Å². The Balaban J connectivity index is 1.75. The van der Waals surface area contributed by atoms with E-state index < -0.39 is 23.1 Å². The van der Waals surface area contributed by atoms with Crippen LogP contribution in [0.5, 0.6) is 0 Å². The summed E-state index contributed by atoms with van der Waals surface area (Å²) in [4.78, 5) is 36.2. The Labute approximate surface area is 183 Å². The van der Waals surface area contributed by atoms with Gasteiger partial charge in [0.15, 0.2) is 0 Å². The molecule has 2 aromatic rings. The maximum absolute atomic E-state index is 14.1. The Morgan fingerprint density at radius 2 is 1.83 bits per heavy atom. The fourth-order valence-electron chi connectivity index (χ4n) is 3.53. The zero-order valence-electron chi connectivity index (χ0n) is 16.5. The lowest BCUT2D eigenvalue weighted by molar-refractivity contribution is -0.134. The van der Waals surface area contributed by atoms with Crippen LogP contribution in [0.2, 0.25) is 10.0 Å². The van der Waals surface area contributed by atoms with Crippen LogP contribution in [0.3, 0.4) is 0 Å². The van der Waals surface area contributed by atoms with Gasteiger partial charge in [-0.25, -0.2) is 4.39 Å². The van der Waals surface area contributed by atoms with Crippen LogP contribution in [0.25, 0.3) is 0 Å². The van der Waals surface area contributed by atoms with E-state index >= 15 is 0 Å². The first-order valence-corrected chi connectivity index (χ1v) is 10.2. The van der Waals surface area contributed by atoms with Gasteiger partial charge in [-0.05, 0) is 44.0 Å². The van der Waals surface area contributed by atoms with Gasteiger partial charge in [-0.15, -0.1) is 0 Å². The maximum atomic E-state index is 14.1. The SMILES string of the molecule is CC(C)(C(=O)NCc1cc(Cl)c(C2CCC(=O)NC2=O)c(Cl)c1)c1ccccc1F.